The lowest BCUT2D eigenvalue weighted by molar-refractivity contribution is -0.144. The molecule has 212 valence electrons. The Labute approximate surface area is 226 Å². The normalized spacial score (nSPS) is 18.6. The molecule has 2 atom stereocenters. The van der Waals surface area contributed by atoms with Crippen LogP contribution in [-0.2, 0) is 4.79 Å². The van der Waals surface area contributed by atoms with Crippen molar-refractivity contribution in [1.82, 2.24) is 25.2 Å². The van der Waals surface area contributed by atoms with Gasteiger partial charge in [0, 0.05) is 30.4 Å². The first-order valence-corrected chi connectivity index (χ1v) is 13.1. The standard InChI is InChI=1S/C28H28F5N5O2/c29-27(30)11-8-18(9-12-27)25(37-26(40)19-4-2-1-3-5-19)21-16-38-22(35-21)14-20(15-34-38)24(17-6-7-17)36-23(39)10-13-28(31,32)33/h1-6,14-16,18,24-25H,7-13H2,(H,36,39)(H,37,40)/t24-,25-/m0/s1. The summed E-state index contributed by atoms with van der Waals surface area (Å²) in [6.07, 6.45) is -0.850. The first kappa shape index (κ1) is 27.7. The number of allylic oxidation sites excluding steroid dienone is 1. The molecule has 2 N–H and O–H groups in total. The number of alkyl halides is 5. The summed E-state index contributed by atoms with van der Waals surface area (Å²) in [4.78, 5) is 29.9. The van der Waals surface area contributed by atoms with Crippen LogP contribution in [0.2, 0.25) is 0 Å². The van der Waals surface area contributed by atoms with Crippen LogP contribution in [-0.4, -0.2) is 38.5 Å². The van der Waals surface area contributed by atoms with Crippen molar-refractivity contribution in [2.24, 2.45) is 5.92 Å². The molecule has 7 nitrogen and oxygen atoms in total. The lowest BCUT2D eigenvalue weighted by Gasteiger charge is -2.33. The van der Waals surface area contributed by atoms with Crippen LogP contribution >= 0.6 is 0 Å². The Kier molecular flexibility index (Phi) is 7.61. The topological polar surface area (TPSA) is 88.4 Å². The molecule has 12 heteroatoms. The van der Waals surface area contributed by atoms with Crippen molar-refractivity contribution in [3.8, 4) is 0 Å². The highest BCUT2D eigenvalue weighted by molar-refractivity contribution is 5.94. The molecule has 40 heavy (non-hydrogen) atoms. The predicted octanol–water partition coefficient (Wildman–Crippen LogP) is 5.86. The molecule has 0 bridgehead atoms. The molecule has 2 heterocycles. The molecular formula is C28H28F5N5O2. The van der Waals surface area contributed by atoms with E-state index in [1.54, 1.807) is 42.6 Å². The third-order valence-electron chi connectivity index (χ3n) is 7.32. The molecule has 0 saturated heterocycles. The Morgan fingerprint density at radius 1 is 1.10 bits per heavy atom. The number of benzene rings is 1. The highest BCUT2D eigenvalue weighted by Gasteiger charge is 2.39. The Hall–Kier alpha value is -3.83. The molecule has 0 radical (unpaired) electrons. The van der Waals surface area contributed by atoms with E-state index >= 15 is 0 Å². The number of aromatic nitrogens is 3. The van der Waals surface area contributed by atoms with Gasteiger partial charge in [0.1, 0.15) is 0 Å². The number of nitrogens with zero attached hydrogens (tertiary/aromatic N) is 3. The quantitative estimate of drug-likeness (QED) is 0.253. The van der Waals surface area contributed by atoms with Crippen LogP contribution in [0.5, 0.6) is 0 Å². The summed E-state index contributed by atoms with van der Waals surface area (Å²) in [7, 11) is 0. The van der Waals surface area contributed by atoms with Gasteiger partial charge >= 0.3 is 6.18 Å². The van der Waals surface area contributed by atoms with Gasteiger partial charge in [-0.3, -0.25) is 9.59 Å². The van der Waals surface area contributed by atoms with Crippen LogP contribution in [0.15, 0.2) is 60.4 Å². The first-order chi connectivity index (χ1) is 19.0. The van der Waals surface area contributed by atoms with Crippen LogP contribution in [0.3, 0.4) is 0 Å². The van der Waals surface area contributed by atoms with E-state index in [0.29, 0.717) is 28.9 Å². The number of hydrogen-bond donors (Lipinski definition) is 2. The summed E-state index contributed by atoms with van der Waals surface area (Å²) in [6.45, 7) is 0. The van der Waals surface area contributed by atoms with Gasteiger partial charge in [-0.1, -0.05) is 24.3 Å². The molecule has 0 aliphatic heterocycles. The molecule has 1 fully saturated rings. The van der Waals surface area contributed by atoms with Gasteiger partial charge < -0.3 is 10.6 Å². The van der Waals surface area contributed by atoms with Gasteiger partial charge in [-0.05, 0) is 49.0 Å². The van der Waals surface area contributed by atoms with Crippen LogP contribution in [0.1, 0.15) is 78.6 Å². The summed E-state index contributed by atoms with van der Waals surface area (Å²) in [5.41, 5.74) is 2.69. The molecule has 1 saturated carbocycles. The number of fused-ring (bicyclic) bond motifs is 1. The van der Waals surface area contributed by atoms with Gasteiger partial charge in [0.25, 0.3) is 5.91 Å². The zero-order valence-corrected chi connectivity index (χ0v) is 21.4. The summed E-state index contributed by atoms with van der Waals surface area (Å²) in [5, 5.41) is 10.0. The van der Waals surface area contributed by atoms with Crippen LogP contribution in [0, 0.1) is 5.92 Å². The largest absolute Gasteiger partial charge is 0.389 e. The van der Waals surface area contributed by atoms with Gasteiger partial charge in [0.15, 0.2) is 5.65 Å². The predicted molar refractivity (Wildman–Crippen MR) is 135 cm³/mol. The molecule has 2 aliphatic carbocycles. The molecule has 0 spiro atoms. The average Bonchev–Trinajstić information content (AvgIpc) is 3.67. The van der Waals surface area contributed by atoms with Crippen LogP contribution in [0.25, 0.3) is 5.65 Å². The van der Waals surface area contributed by atoms with E-state index in [0.717, 1.165) is 5.57 Å². The van der Waals surface area contributed by atoms with Gasteiger partial charge in [0.05, 0.1) is 36.6 Å². The minimum atomic E-state index is -4.43. The monoisotopic (exact) mass is 561 g/mol. The van der Waals surface area contributed by atoms with E-state index in [1.807, 2.05) is 6.08 Å². The third kappa shape index (κ3) is 6.83. The first-order valence-electron chi connectivity index (χ1n) is 13.1. The van der Waals surface area contributed by atoms with E-state index < -0.39 is 42.9 Å². The van der Waals surface area contributed by atoms with Crippen LogP contribution in [0.4, 0.5) is 22.0 Å². The highest BCUT2D eigenvalue weighted by atomic mass is 19.4. The maximum atomic E-state index is 13.9. The summed E-state index contributed by atoms with van der Waals surface area (Å²) < 4.78 is 67.0. The zero-order chi connectivity index (χ0) is 28.5. The minimum absolute atomic E-state index is 0.208. The van der Waals surface area contributed by atoms with Gasteiger partial charge in [-0.2, -0.15) is 18.3 Å². The average molecular weight is 562 g/mol. The maximum absolute atomic E-state index is 13.9. The molecule has 2 aliphatic rings. The second kappa shape index (κ2) is 11.0. The molecule has 2 amide bonds. The highest BCUT2D eigenvalue weighted by Crippen LogP contribution is 2.41. The van der Waals surface area contributed by atoms with Gasteiger partial charge in [-0.15, -0.1) is 0 Å². The molecule has 2 aromatic heterocycles. The number of carbonyl (C=O) groups excluding carboxylic acids is 2. The van der Waals surface area contributed by atoms with E-state index in [4.69, 9.17) is 0 Å². The molecular weight excluding hydrogens is 533 g/mol. The second-order valence-electron chi connectivity index (χ2n) is 10.4. The Morgan fingerprint density at radius 3 is 2.45 bits per heavy atom. The van der Waals surface area contributed by atoms with Crippen molar-refractivity contribution in [2.75, 3.05) is 0 Å². The smallest absolute Gasteiger partial charge is 0.345 e. The second-order valence-corrected chi connectivity index (χ2v) is 10.4. The minimum Gasteiger partial charge on any atom is -0.345 e. The SMILES string of the molecule is O=C(CCC(F)(F)F)N[C@@H](C1=CC1)c1cnn2cc([C@@H](NC(=O)c3ccccc3)C3CCC(F)(F)CC3)nc2c1. The molecule has 1 aromatic carbocycles. The number of nitrogens with one attached hydrogen (secondary N) is 2. The van der Waals surface area contributed by atoms with Crippen molar-refractivity contribution in [1.29, 1.82) is 0 Å². The van der Waals surface area contributed by atoms with E-state index in [1.165, 1.54) is 10.7 Å². The Bertz CT molecular complexity index is 1410. The fourth-order valence-electron chi connectivity index (χ4n) is 5.03. The summed E-state index contributed by atoms with van der Waals surface area (Å²) in [5.74, 6) is -4.08. The van der Waals surface area contributed by atoms with Crippen molar-refractivity contribution in [3.63, 3.8) is 0 Å². The van der Waals surface area contributed by atoms with Crippen LogP contribution < -0.4 is 10.6 Å². The Morgan fingerprint density at radius 2 is 1.80 bits per heavy atom. The Balaban J connectivity index is 1.39. The van der Waals surface area contributed by atoms with Gasteiger partial charge in [-0.25, -0.2) is 18.3 Å². The third-order valence-corrected chi connectivity index (χ3v) is 7.32. The summed E-state index contributed by atoms with van der Waals surface area (Å²) in [6, 6.07) is 8.97. The number of halogens is 5. The lowest BCUT2D eigenvalue weighted by atomic mass is 9.81. The van der Waals surface area contributed by atoms with Gasteiger partial charge in [0.2, 0.25) is 11.8 Å². The fraction of sp³-hybridized carbons (Fsp3) is 0.429. The summed E-state index contributed by atoms with van der Waals surface area (Å²) >= 11 is 0. The number of imidazole rings is 1. The maximum Gasteiger partial charge on any atom is 0.389 e. The zero-order valence-electron chi connectivity index (χ0n) is 21.4. The van der Waals surface area contributed by atoms with E-state index in [-0.39, 0.29) is 37.5 Å². The van der Waals surface area contributed by atoms with Crippen molar-refractivity contribution in [3.05, 3.63) is 77.3 Å². The number of amides is 2. The molecule has 5 rings (SSSR count). The molecule has 0 unspecified atom stereocenters. The number of hydrogen-bond acceptors (Lipinski definition) is 4. The van der Waals surface area contributed by atoms with Crippen molar-refractivity contribution in [2.45, 2.75) is 69.1 Å². The number of rotatable bonds is 9. The van der Waals surface area contributed by atoms with Crippen molar-refractivity contribution < 1.29 is 31.5 Å². The fourth-order valence-corrected chi connectivity index (χ4v) is 5.03. The van der Waals surface area contributed by atoms with Crippen molar-refractivity contribution >= 4 is 17.5 Å². The number of carbonyl (C=O) groups is 2. The molecule has 3 aromatic rings. The van der Waals surface area contributed by atoms with E-state index in [9.17, 15) is 31.5 Å². The van der Waals surface area contributed by atoms with E-state index in [2.05, 4.69) is 20.7 Å². The lowest BCUT2D eigenvalue weighted by Crippen LogP contribution is -2.37.